The maximum absolute atomic E-state index is 6.03. The highest BCUT2D eigenvalue weighted by Crippen LogP contribution is 2.31. The molecule has 3 aromatic rings. The fourth-order valence-corrected chi connectivity index (χ4v) is 4.25. The summed E-state index contributed by atoms with van der Waals surface area (Å²) in [7, 11) is 0. The standard InChI is InChI=1S/C15H11ClN4S2/c1-9-4-2-3-5-10(9)14-17-18-15-20(14)19-11(8-21-15)12-6-7-13(16)22-12/h2-7H,8H2,1H3. The Bertz CT molecular complexity index is 881. The van der Waals surface area contributed by atoms with E-state index in [4.69, 9.17) is 16.7 Å². The summed E-state index contributed by atoms with van der Waals surface area (Å²) in [6, 6.07) is 12.0. The lowest BCUT2D eigenvalue weighted by Crippen LogP contribution is -2.12. The lowest BCUT2D eigenvalue weighted by Gasteiger charge is -2.13. The van der Waals surface area contributed by atoms with Crippen LogP contribution in [-0.4, -0.2) is 26.3 Å². The van der Waals surface area contributed by atoms with E-state index < -0.39 is 0 Å². The van der Waals surface area contributed by atoms with Crippen molar-refractivity contribution in [2.45, 2.75) is 12.1 Å². The van der Waals surface area contributed by atoms with E-state index >= 15 is 0 Å². The third-order valence-corrected chi connectivity index (χ3v) is 5.63. The van der Waals surface area contributed by atoms with E-state index in [9.17, 15) is 0 Å². The zero-order valence-corrected chi connectivity index (χ0v) is 14.0. The Labute approximate surface area is 140 Å². The first-order chi connectivity index (χ1) is 10.7. The lowest BCUT2D eigenvalue weighted by atomic mass is 10.1. The van der Waals surface area contributed by atoms with Crippen LogP contribution in [-0.2, 0) is 0 Å². The number of halogens is 1. The first-order valence-corrected chi connectivity index (χ1v) is 8.88. The highest BCUT2D eigenvalue weighted by atomic mass is 35.5. The quantitative estimate of drug-likeness (QED) is 0.693. The molecule has 1 aromatic carbocycles. The fourth-order valence-electron chi connectivity index (χ4n) is 2.31. The van der Waals surface area contributed by atoms with Crippen molar-refractivity contribution in [3.8, 4) is 11.4 Å². The van der Waals surface area contributed by atoms with E-state index in [0.717, 1.165) is 42.8 Å². The van der Waals surface area contributed by atoms with Gasteiger partial charge in [-0.1, -0.05) is 47.6 Å². The Morgan fingerprint density at radius 2 is 2.00 bits per heavy atom. The van der Waals surface area contributed by atoms with Crippen LogP contribution in [0.3, 0.4) is 0 Å². The number of thioether (sulfide) groups is 1. The van der Waals surface area contributed by atoms with E-state index in [1.807, 2.05) is 35.0 Å². The van der Waals surface area contributed by atoms with Crippen molar-refractivity contribution in [1.82, 2.24) is 14.9 Å². The van der Waals surface area contributed by atoms with Crippen LogP contribution in [0, 0.1) is 6.92 Å². The van der Waals surface area contributed by atoms with Gasteiger partial charge in [-0.3, -0.25) is 0 Å². The van der Waals surface area contributed by atoms with Crippen LogP contribution in [0.5, 0.6) is 0 Å². The normalized spacial score (nSPS) is 13.8. The molecule has 0 spiro atoms. The first kappa shape index (κ1) is 14.0. The Kier molecular flexibility index (Phi) is 3.52. The minimum Gasteiger partial charge on any atom is -0.186 e. The van der Waals surface area contributed by atoms with Crippen LogP contribution in [0.25, 0.3) is 11.4 Å². The van der Waals surface area contributed by atoms with E-state index in [0.29, 0.717) is 0 Å². The zero-order chi connectivity index (χ0) is 15.1. The van der Waals surface area contributed by atoms with E-state index in [-0.39, 0.29) is 0 Å². The predicted molar refractivity (Wildman–Crippen MR) is 92.2 cm³/mol. The number of thiophene rings is 1. The van der Waals surface area contributed by atoms with Gasteiger partial charge in [-0.25, -0.2) is 0 Å². The minimum absolute atomic E-state index is 0.774. The molecular weight excluding hydrogens is 336 g/mol. The molecular formula is C15H11ClN4S2. The molecule has 2 aromatic heterocycles. The van der Waals surface area contributed by atoms with Gasteiger partial charge < -0.3 is 0 Å². The molecule has 0 radical (unpaired) electrons. The van der Waals surface area contributed by atoms with Crippen LogP contribution in [0.1, 0.15) is 10.4 Å². The second-order valence-electron chi connectivity index (χ2n) is 4.87. The third kappa shape index (κ3) is 2.37. The summed E-state index contributed by atoms with van der Waals surface area (Å²) in [6.07, 6.45) is 0. The van der Waals surface area contributed by atoms with Crippen LogP contribution in [0.2, 0.25) is 4.34 Å². The van der Waals surface area contributed by atoms with E-state index in [2.05, 4.69) is 23.2 Å². The maximum atomic E-state index is 6.03. The summed E-state index contributed by atoms with van der Waals surface area (Å²) in [4.78, 5) is 1.09. The van der Waals surface area contributed by atoms with Crippen molar-refractivity contribution in [2.24, 2.45) is 5.10 Å². The van der Waals surface area contributed by atoms with E-state index in [1.165, 1.54) is 0 Å². The van der Waals surface area contributed by atoms with Gasteiger partial charge in [-0.15, -0.1) is 21.5 Å². The van der Waals surface area contributed by atoms with Crippen LogP contribution in [0.4, 0.5) is 0 Å². The largest absolute Gasteiger partial charge is 0.212 e. The number of hydrogen-bond acceptors (Lipinski definition) is 5. The molecule has 3 heterocycles. The average Bonchev–Trinajstić information content (AvgIpc) is 3.13. The summed E-state index contributed by atoms with van der Waals surface area (Å²) >= 11 is 9.22. The molecule has 0 fully saturated rings. The zero-order valence-electron chi connectivity index (χ0n) is 11.7. The summed E-state index contributed by atoms with van der Waals surface area (Å²) in [5, 5.41) is 14.1. The fraction of sp³-hybridized carbons (Fsp3) is 0.133. The van der Waals surface area contributed by atoms with Crippen LogP contribution >= 0.6 is 34.7 Å². The topological polar surface area (TPSA) is 43.1 Å². The summed E-state index contributed by atoms with van der Waals surface area (Å²) in [5.41, 5.74) is 3.21. The molecule has 0 unspecified atom stereocenters. The lowest BCUT2D eigenvalue weighted by molar-refractivity contribution is 0.762. The number of benzene rings is 1. The van der Waals surface area contributed by atoms with Gasteiger partial charge in [0.1, 0.15) is 0 Å². The molecule has 0 atom stereocenters. The van der Waals surface area contributed by atoms with Gasteiger partial charge >= 0.3 is 0 Å². The number of fused-ring (bicyclic) bond motifs is 1. The molecule has 1 aliphatic heterocycles. The molecule has 4 rings (SSSR count). The molecule has 22 heavy (non-hydrogen) atoms. The van der Waals surface area contributed by atoms with Crippen LogP contribution in [0.15, 0.2) is 46.7 Å². The number of rotatable bonds is 2. The van der Waals surface area contributed by atoms with Gasteiger partial charge in [-0.2, -0.15) is 9.78 Å². The maximum Gasteiger partial charge on any atom is 0.212 e. The van der Waals surface area contributed by atoms with Gasteiger partial charge in [0.05, 0.1) is 14.9 Å². The van der Waals surface area contributed by atoms with Gasteiger partial charge in [0, 0.05) is 11.3 Å². The van der Waals surface area contributed by atoms with Gasteiger partial charge in [-0.05, 0) is 24.6 Å². The number of nitrogens with zero attached hydrogens (tertiary/aromatic N) is 4. The average molecular weight is 347 g/mol. The van der Waals surface area contributed by atoms with Gasteiger partial charge in [0.25, 0.3) is 0 Å². The molecule has 1 aliphatic rings. The molecule has 0 aliphatic carbocycles. The van der Waals surface area contributed by atoms with Crippen molar-refractivity contribution in [1.29, 1.82) is 0 Å². The summed E-state index contributed by atoms with van der Waals surface area (Å²) in [5.74, 6) is 1.56. The predicted octanol–water partition coefficient (Wildman–Crippen LogP) is 4.33. The smallest absolute Gasteiger partial charge is 0.186 e. The molecule has 4 nitrogen and oxygen atoms in total. The summed E-state index contributed by atoms with van der Waals surface area (Å²) < 4.78 is 2.61. The van der Waals surface area contributed by atoms with Crippen LogP contribution < -0.4 is 0 Å². The molecule has 0 saturated heterocycles. The Morgan fingerprint density at radius 1 is 1.14 bits per heavy atom. The molecule has 0 saturated carbocycles. The second kappa shape index (κ2) is 5.53. The Morgan fingerprint density at radius 3 is 2.77 bits per heavy atom. The molecule has 110 valence electrons. The van der Waals surface area contributed by atoms with Gasteiger partial charge in [0.15, 0.2) is 5.82 Å². The molecule has 0 N–H and O–H groups in total. The van der Waals surface area contributed by atoms with Crippen molar-refractivity contribution < 1.29 is 0 Å². The summed E-state index contributed by atoms with van der Waals surface area (Å²) in [6.45, 7) is 2.07. The van der Waals surface area contributed by atoms with Crippen molar-refractivity contribution in [2.75, 3.05) is 5.75 Å². The Balaban J connectivity index is 1.83. The highest BCUT2D eigenvalue weighted by Gasteiger charge is 2.22. The minimum atomic E-state index is 0.774. The Hall–Kier alpha value is -1.63. The molecule has 7 heteroatoms. The first-order valence-electron chi connectivity index (χ1n) is 6.70. The van der Waals surface area contributed by atoms with Crippen molar-refractivity contribution in [3.63, 3.8) is 0 Å². The monoisotopic (exact) mass is 346 g/mol. The highest BCUT2D eigenvalue weighted by molar-refractivity contribution is 7.99. The van der Waals surface area contributed by atoms with E-state index in [1.54, 1.807) is 23.1 Å². The number of hydrogen-bond donors (Lipinski definition) is 0. The second-order valence-corrected chi connectivity index (χ2v) is 7.53. The third-order valence-electron chi connectivity index (χ3n) is 3.41. The molecule has 0 bridgehead atoms. The SMILES string of the molecule is Cc1ccccc1-c1nnc2n1N=C(c1ccc(Cl)s1)CS2. The number of aromatic nitrogens is 3. The van der Waals surface area contributed by atoms with Crippen molar-refractivity contribution in [3.05, 3.63) is 51.2 Å². The number of aryl methyl sites for hydroxylation is 1. The molecule has 0 amide bonds. The van der Waals surface area contributed by atoms with Gasteiger partial charge in [0.2, 0.25) is 5.16 Å². The van der Waals surface area contributed by atoms with Crippen molar-refractivity contribution >= 4 is 40.4 Å².